The van der Waals surface area contributed by atoms with Crippen LogP contribution in [-0.4, -0.2) is 28.1 Å². The van der Waals surface area contributed by atoms with Gasteiger partial charge in [-0.05, 0) is 54.1 Å². The predicted octanol–water partition coefficient (Wildman–Crippen LogP) is 1.32. The SMILES string of the molecule is O=c1c2c(I)cccc2nnn1C1CCCNC1. The van der Waals surface area contributed by atoms with Crippen molar-refractivity contribution in [1.29, 1.82) is 0 Å². The molecule has 0 bridgehead atoms. The van der Waals surface area contributed by atoms with Crippen molar-refractivity contribution in [2.75, 3.05) is 13.1 Å². The van der Waals surface area contributed by atoms with Crippen LogP contribution in [0.3, 0.4) is 0 Å². The number of nitrogens with one attached hydrogen (secondary N) is 1. The number of nitrogens with zero attached hydrogens (tertiary/aromatic N) is 3. The summed E-state index contributed by atoms with van der Waals surface area (Å²) in [5.41, 5.74) is 0.644. The Kier molecular flexibility index (Phi) is 3.29. The number of hydrogen-bond donors (Lipinski definition) is 1. The fourth-order valence-corrected chi connectivity index (χ4v) is 3.05. The molecule has 3 rings (SSSR count). The third-order valence-corrected chi connectivity index (χ3v) is 4.18. The molecule has 1 aliphatic heterocycles. The Balaban J connectivity index is 2.16. The first-order valence-electron chi connectivity index (χ1n) is 6.02. The molecule has 6 heteroatoms. The molecule has 0 saturated carbocycles. The fourth-order valence-electron chi connectivity index (χ4n) is 2.34. The summed E-state index contributed by atoms with van der Waals surface area (Å²) in [5.74, 6) is 0. The summed E-state index contributed by atoms with van der Waals surface area (Å²) < 4.78 is 2.47. The molecule has 2 heterocycles. The number of aromatic nitrogens is 3. The van der Waals surface area contributed by atoms with Gasteiger partial charge in [0, 0.05) is 10.1 Å². The van der Waals surface area contributed by atoms with E-state index in [2.05, 4.69) is 38.2 Å². The van der Waals surface area contributed by atoms with Gasteiger partial charge in [-0.15, -0.1) is 5.10 Å². The van der Waals surface area contributed by atoms with E-state index in [0.29, 0.717) is 10.9 Å². The van der Waals surface area contributed by atoms with E-state index < -0.39 is 0 Å². The van der Waals surface area contributed by atoms with Crippen molar-refractivity contribution in [2.24, 2.45) is 0 Å². The molecule has 1 unspecified atom stereocenters. The molecule has 1 aromatic heterocycles. The lowest BCUT2D eigenvalue weighted by atomic mass is 10.1. The van der Waals surface area contributed by atoms with E-state index in [1.807, 2.05) is 18.2 Å². The van der Waals surface area contributed by atoms with Gasteiger partial charge in [0.05, 0.1) is 11.4 Å². The Morgan fingerprint density at radius 3 is 3.11 bits per heavy atom. The number of halogens is 1. The lowest BCUT2D eigenvalue weighted by Crippen LogP contribution is -2.38. The van der Waals surface area contributed by atoms with Gasteiger partial charge in [-0.2, -0.15) is 0 Å². The maximum atomic E-state index is 12.5. The Labute approximate surface area is 118 Å². The van der Waals surface area contributed by atoms with Gasteiger partial charge in [-0.1, -0.05) is 11.3 Å². The van der Waals surface area contributed by atoms with Crippen LogP contribution in [0, 0.1) is 3.57 Å². The molecule has 1 saturated heterocycles. The van der Waals surface area contributed by atoms with Gasteiger partial charge in [0.2, 0.25) is 0 Å². The average molecular weight is 356 g/mol. The van der Waals surface area contributed by atoms with Crippen molar-refractivity contribution >= 4 is 33.5 Å². The predicted molar refractivity (Wildman–Crippen MR) is 77.7 cm³/mol. The molecule has 94 valence electrons. The molecule has 18 heavy (non-hydrogen) atoms. The summed E-state index contributed by atoms with van der Waals surface area (Å²) in [6.45, 7) is 1.81. The standard InChI is InChI=1S/C12H13IN4O/c13-9-4-1-5-10-11(9)12(18)17(16-15-10)8-3-2-6-14-7-8/h1,4-5,8,14H,2-3,6-7H2. The van der Waals surface area contributed by atoms with Crippen molar-refractivity contribution in [2.45, 2.75) is 18.9 Å². The highest BCUT2D eigenvalue weighted by molar-refractivity contribution is 14.1. The molecule has 1 aromatic carbocycles. The van der Waals surface area contributed by atoms with Crippen LogP contribution in [-0.2, 0) is 0 Å². The Bertz CT molecular complexity index is 634. The highest BCUT2D eigenvalue weighted by atomic mass is 127. The molecule has 5 nitrogen and oxygen atoms in total. The van der Waals surface area contributed by atoms with E-state index in [9.17, 15) is 4.79 Å². The zero-order chi connectivity index (χ0) is 12.5. The maximum absolute atomic E-state index is 12.5. The second-order valence-electron chi connectivity index (χ2n) is 4.47. The molecule has 0 radical (unpaired) electrons. The van der Waals surface area contributed by atoms with Gasteiger partial charge < -0.3 is 5.32 Å². The van der Waals surface area contributed by atoms with Crippen LogP contribution in [0.1, 0.15) is 18.9 Å². The van der Waals surface area contributed by atoms with Crippen molar-refractivity contribution in [3.8, 4) is 0 Å². The van der Waals surface area contributed by atoms with Crippen LogP contribution in [0.2, 0.25) is 0 Å². The Morgan fingerprint density at radius 2 is 2.33 bits per heavy atom. The van der Waals surface area contributed by atoms with E-state index in [1.165, 1.54) is 4.68 Å². The first-order valence-corrected chi connectivity index (χ1v) is 7.09. The summed E-state index contributed by atoms with van der Waals surface area (Å²) >= 11 is 2.17. The summed E-state index contributed by atoms with van der Waals surface area (Å²) in [6, 6.07) is 5.77. The van der Waals surface area contributed by atoms with E-state index in [-0.39, 0.29) is 11.6 Å². The zero-order valence-corrected chi connectivity index (χ0v) is 11.9. The minimum Gasteiger partial charge on any atom is -0.315 e. The molecule has 2 aromatic rings. The van der Waals surface area contributed by atoms with Crippen LogP contribution in [0.4, 0.5) is 0 Å². The summed E-state index contributed by atoms with van der Waals surface area (Å²) in [7, 11) is 0. The number of hydrogen-bond acceptors (Lipinski definition) is 4. The molecular weight excluding hydrogens is 343 g/mol. The first kappa shape index (κ1) is 12.0. The minimum atomic E-state index is -0.0290. The van der Waals surface area contributed by atoms with Crippen LogP contribution in [0.5, 0.6) is 0 Å². The Morgan fingerprint density at radius 1 is 1.44 bits per heavy atom. The Hall–Kier alpha value is -1.02. The second kappa shape index (κ2) is 4.93. The van der Waals surface area contributed by atoms with Gasteiger partial charge >= 0.3 is 0 Å². The van der Waals surface area contributed by atoms with Crippen molar-refractivity contribution < 1.29 is 0 Å². The fraction of sp³-hybridized carbons (Fsp3) is 0.417. The van der Waals surface area contributed by atoms with E-state index >= 15 is 0 Å². The van der Waals surface area contributed by atoms with Gasteiger partial charge in [0.1, 0.15) is 5.52 Å². The largest absolute Gasteiger partial charge is 0.315 e. The lowest BCUT2D eigenvalue weighted by Gasteiger charge is -2.23. The van der Waals surface area contributed by atoms with Crippen molar-refractivity contribution in [1.82, 2.24) is 20.3 Å². The van der Waals surface area contributed by atoms with Crippen LogP contribution >= 0.6 is 22.6 Å². The quantitative estimate of drug-likeness (QED) is 0.784. The van der Waals surface area contributed by atoms with Gasteiger partial charge in [-0.3, -0.25) is 4.79 Å². The first-order chi connectivity index (χ1) is 8.77. The summed E-state index contributed by atoms with van der Waals surface area (Å²) in [5, 5.41) is 12.2. The molecule has 0 aliphatic carbocycles. The number of benzene rings is 1. The molecule has 1 atom stereocenters. The average Bonchev–Trinajstić information content (AvgIpc) is 2.40. The molecule has 1 fully saturated rings. The third kappa shape index (κ3) is 2.03. The van der Waals surface area contributed by atoms with Gasteiger partial charge in [-0.25, -0.2) is 4.68 Å². The summed E-state index contributed by atoms with van der Waals surface area (Å²) in [4.78, 5) is 12.5. The highest BCUT2D eigenvalue weighted by Crippen LogP contribution is 2.17. The van der Waals surface area contributed by atoms with Crippen molar-refractivity contribution in [3.63, 3.8) is 0 Å². The smallest absolute Gasteiger partial charge is 0.278 e. The molecule has 0 spiro atoms. The van der Waals surface area contributed by atoms with Crippen LogP contribution in [0.15, 0.2) is 23.0 Å². The number of piperidine rings is 1. The molecular formula is C12H13IN4O. The monoisotopic (exact) mass is 356 g/mol. The number of fused-ring (bicyclic) bond motifs is 1. The van der Waals surface area contributed by atoms with Crippen molar-refractivity contribution in [3.05, 3.63) is 32.1 Å². The highest BCUT2D eigenvalue weighted by Gasteiger charge is 2.19. The van der Waals surface area contributed by atoms with E-state index in [4.69, 9.17) is 0 Å². The van der Waals surface area contributed by atoms with Gasteiger partial charge in [0.25, 0.3) is 5.56 Å². The molecule has 1 N–H and O–H groups in total. The van der Waals surface area contributed by atoms with Crippen LogP contribution < -0.4 is 10.9 Å². The zero-order valence-electron chi connectivity index (χ0n) is 9.77. The summed E-state index contributed by atoms with van der Waals surface area (Å²) in [6.07, 6.45) is 2.05. The normalized spacial score (nSPS) is 20.2. The minimum absolute atomic E-state index is 0.0290. The lowest BCUT2D eigenvalue weighted by molar-refractivity contribution is 0.328. The second-order valence-corrected chi connectivity index (χ2v) is 5.64. The van der Waals surface area contributed by atoms with E-state index in [0.717, 1.165) is 29.5 Å². The maximum Gasteiger partial charge on any atom is 0.278 e. The molecule has 0 amide bonds. The third-order valence-electron chi connectivity index (χ3n) is 3.28. The number of rotatable bonds is 1. The van der Waals surface area contributed by atoms with E-state index in [1.54, 1.807) is 0 Å². The topological polar surface area (TPSA) is 59.8 Å². The molecule has 1 aliphatic rings. The van der Waals surface area contributed by atoms with Gasteiger partial charge in [0.15, 0.2) is 0 Å². The van der Waals surface area contributed by atoms with Crippen LogP contribution in [0.25, 0.3) is 10.9 Å².